The third-order valence-electron chi connectivity index (χ3n) is 4.80. The molecule has 17 heavy (non-hydrogen) atoms. The van der Waals surface area contributed by atoms with E-state index in [2.05, 4.69) is 25.7 Å². The second-order valence-electron chi connectivity index (χ2n) is 7.05. The van der Waals surface area contributed by atoms with Crippen molar-refractivity contribution in [3.63, 3.8) is 0 Å². The Bertz CT molecular complexity index is 258. The average molecular weight is 238 g/mol. The number of unbranched alkanes of at least 4 members (excludes halogenated alkanes) is 1. The lowest BCUT2D eigenvalue weighted by molar-refractivity contribution is 0.0782. The van der Waals surface area contributed by atoms with Crippen molar-refractivity contribution in [2.45, 2.75) is 77.3 Å². The Morgan fingerprint density at radius 1 is 1.24 bits per heavy atom. The lowest BCUT2D eigenvalue weighted by Crippen LogP contribution is -2.54. The number of hydrogen-bond donors (Lipinski definition) is 1. The van der Waals surface area contributed by atoms with E-state index in [-0.39, 0.29) is 0 Å². The van der Waals surface area contributed by atoms with Crippen LogP contribution in [0, 0.1) is 5.41 Å². The molecule has 2 heteroatoms. The summed E-state index contributed by atoms with van der Waals surface area (Å²) in [4.78, 5) is 2.80. The molecule has 0 aliphatic heterocycles. The molecule has 0 spiro atoms. The number of nitrogens with two attached hydrogens (primary N) is 1. The van der Waals surface area contributed by atoms with Gasteiger partial charge in [-0.25, -0.2) is 0 Å². The van der Waals surface area contributed by atoms with E-state index in [0.717, 1.165) is 12.6 Å². The van der Waals surface area contributed by atoms with Crippen molar-refractivity contribution in [2.24, 2.45) is 11.1 Å². The highest BCUT2D eigenvalue weighted by atomic mass is 15.3. The summed E-state index contributed by atoms with van der Waals surface area (Å²) in [6.45, 7) is 9.24. The van der Waals surface area contributed by atoms with Gasteiger partial charge in [-0.05, 0) is 50.5 Å². The molecule has 2 nitrogen and oxygen atoms in total. The summed E-state index contributed by atoms with van der Waals surface area (Å²) >= 11 is 0. The molecule has 2 rings (SSSR count). The van der Waals surface area contributed by atoms with E-state index < -0.39 is 0 Å². The Labute approximate surface area is 107 Å². The molecule has 0 heterocycles. The van der Waals surface area contributed by atoms with Crippen LogP contribution in [0.3, 0.4) is 0 Å². The molecule has 2 N–H and O–H groups in total. The normalized spacial score (nSPS) is 32.3. The van der Waals surface area contributed by atoms with Crippen LogP contribution in [0.1, 0.15) is 65.7 Å². The minimum absolute atomic E-state index is 0.333. The standard InChI is InChI=1S/C15H30N2/c1-4-5-10-17(13-6-7-13)15(12-16)9-8-14(2,3)11-15/h13H,4-12,16H2,1-3H3. The van der Waals surface area contributed by atoms with E-state index in [9.17, 15) is 0 Å². The molecule has 0 bridgehead atoms. The third kappa shape index (κ3) is 2.85. The Balaban J connectivity index is 2.08. The third-order valence-corrected chi connectivity index (χ3v) is 4.80. The molecule has 2 aliphatic rings. The molecule has 0 amide bonds. The topological polar surface area (TPSA) is 29.3 Å². The van der Waals surface area contributed by atoms with Crippen molar-refractivity contribution in [3.05, 3.63) is 0 Å². The molecular formula is C15H30N2. The van der Waals surface area contributed by atoms with Crippen LogP contribution in [0.15, 0.2) is 0 Å². The zero-order valence-corrected chi connectivity index (χ0v) is 12.0. The fourth-order valence-electron chi connectivity index (χ4n) is 3.70. The second kappa shape index (κ2) is 4.89. The monoisotopic (exact) mass is 238 g/mol. The summed E-state index contributed by atoms with van der Waals surface area (Å²) in [5.41, 5.74) is 7.02. The Morgan fingerprint density at radius 2 is 1.94 bits per heavy atom. The van der Waals surface area contributed by atoms with Crippen LogP contribution in [0.5, 0.6) is 0 Å². The van der Waals surface area contributed by atoms with Gasteiger partial charge in [0, 0.05) is 18.1 Å². The number of nitrogens with zero attached hydrogens (tertiary/aromatic N) is 1. The summed E-state index contributed by atoms with van der Waals surface area (Å²) < 4.78 is 0. The molecule has 2 aliphatic carbocycles. The molecule has 0 aromatic rings. The average Bonchev–Trinajstić information content (AvgIpc) is 3.05. The van der Waals surface area contributed by atoms with E-state index >= 15 is 0 Å². The fraction of sp³-hybridized carbons (Fsp3) is 1.00. The van der Waals surface area contributed by atoms with Gasteiger partial charge >= 0.3 is 0 Å². The summed E-state index contributed by atoms with van der Waals surface area (Å²) in [6.07, 6.45) is 9.41. The highest BCUT2D eigenvalue weighted by Gasteiger charge is 2.49. The van der Waals surface area contributed by atoms with Crippen molar-refractivity contribution in [1.82, 2.24) is 4.90 Å². The molecule has 1 atom stereocenters. The second-order valence-corrected chi connectivity index (χ2v) is 7.05. The molecule has 100 valence electrons. The van der Waals surface area contributed by atoms with Gasteiger partial charge in [-0.3, -0.25) is 4.90 Å². The lowest BCUT2D eigenvalue weighted by atomic mass is 9.86. The van der Waals surface area contributed by atoms with Gasteiger partial charge in [0.05, 0.1) is 0 Å². The highest BCUT2D eigenvalue weighted by Crippen LogP contribution is 2.49. The van der Waals surface area contributed by atoms with Gasteiger partial charge < -0.3 is 5.73 Å². The largest absolute Gasteiger partial charge is 0.329 e. The van der Waals surface area contributed by atoms with Gasteiger partial charge in [0.1, 0.15) is 0 Å². The molecule has 1 unspecified atom stereocenters. The van der Waals surface area contributed by atoms with E-state index in [1.165, 1.54) is 51.5 Å². The van der Waals surface area contributed by atoms with Gasteiger partial charge in [0.15, 0.2) is 0 Å². The van der Waals surface area contributed by atoms with Crippen LogP contribution in [0.25, 0.3) is 0 Å². The summed E-state index contributed by atoms with van der Waals surface area (Å²) in [5, 5.41) is 0. The van der Waals surface area contributed by atoms with Crippen LogP contribution >= 0.6 is 0 Å². The van der Waals surface area contributed by atoms with E-state index in [1.54, 1.807) is 0 Å². The van der Waals surface area contributed by atoms with Crippen molar-refractivity contribution in [3.8, 4) is 0 Å². The van der Waals surface area contributed by atoms with Crippen LogP contribution < -0.4 is 5.73 Å². The highest BCUT2D eigenvalue weighted by molar-refractivity contribution is 5.06. The van der Waals surface area contributed by atoms with Gasteiger partial charge in [-0.15, -0.1) is 0 Å². The van der Waals surface area contributed by atoms with Gasteiger partial charge in [-0.1, -0.05) is 27.2 Å². The van der Waals surface area contributed by atoms with E-state index in [4.69, 9.17) is 5.73 Å². The molecule has 0 radical (unpaired) electrons. The van der Waals surface area contributed by atoms with Crippen LogP contribution in [-0.4, -0.2) is 29.6 Å². The lowest BCUT2D eigenvalue weighted by Gasteiger charge is -2.42. The number of rotatable bonds is 6. The molecule has 2 saturated carbocycles. The molecular weight excluding hydrogens is 208 g/mol. The maximum Gasteiger partial charge on any atom is 0.0339 e. The van der Waals surface area contributed by atoms with Crippen molar-refractivity contribution in [1.29, 1.82) is 0 Å². The minimum Gasteiger partial charge on any atom is -0.329 e. The van der Waals surface area contributed by atoms with E-state index in [1.807, 2.05) is 0 Å². The Kier molecular flexibility index (Phi) is 3.84. The first-order chi connectivity index (χ1) is 8.03. The first-order valence-electron chi connectivity index (χ1n) is 7.50. The first kappa shape index (κ1) is 13.4. The van der Waals surface area contributed by atoms with Crippen LogP contribution in [0.4, 0.5) is 0 Å². The molecule has 0 aromatic carbocycles. The van der Waals surface area contributed by atoms with Crippen LogP contribution in [-0.2, 0) is 0 Å². The van der Waals surface area contributed by atoms with Gasteiger partial charge in [0.25, 0.3) is 0 Å². The van der Waals surface area contributed by atoms with Gasteiger partial charge in [-0.2, -0.15) is 0 Å². The first-order valence-corrected chi connectivity index (χ1v) is 7.50. The molecule has 0 saturated heterocycles. The summed E-state index contributed by atoms with van der Waals surface area (Å²) in [6, 6.07) is 0.860. The van der Waals surface area contributed by atoms with Crippen molar-refractivity contribution < 1.29 is 0 Å². The fourth-order valence-corrected chi connectivity index (χ4v) is 3.70. The smallest absolute Gasteiger partial charge is 0.0339 e. The zero-order chi connectivity index (χ0) is 12.5. The SMILES string of the molecule is CCCCN(C1CC1)C1(CN)CCC(C)(C)C1. The van der Waals surface area contributed by atoms with Crippen LogP contribution in [0.2, 0.25) is 0 Å². The summed E-state index contributed by atoms with van der Waals surface area (Å²) in [5.74, 6) is 0. The van der Waals surface area contributed by atoms with E-state index in [0.29, 0.717) is 11.0 Å². The maximum atomic E-state index is 6.19. The predicted molar refractivity (Wildman–Crippen MR) is 74.1 cm³/mol. The van der Waals surface area contributed by atoms with Crippen molar-refractivity contribution >= 4 is 0 Å². The predicted octanol–water partition coefficient (Wildman–Crippen LogP) is 3.16. The Hall–Kier alpha value is -0.0800. The quantitative estimate of drug-likeness (QED) is 0.770. The Morgan fingerprint density at radius 3 is 2.35 bits per heavy atom. The summed E-state index contributed by atoms with van der Waals surface area (Å²) in [7, 11) is 0. The molecule has 2 fully saturated rings. The van der Waals surface area contributed by atoms with Gasteiger partial charge in [0.2, 0.25) is 0 Å². The maximum absolute atomic E-state index is 6.19. The number of hydrogen-bond acceptors (Lipinski definition) is 2. The zero-order valence-electron chi connectivity index (χ0n) is 12.0. The minimum atomic E-state index is 0.333. The van der Waals surface area contributed by atoms with Crippen molar-refractivity contribution in [2.75, 3.05) is 13.1 Å². The molecule has 0 aromatic heterocycles.